The van der Waals surface area contributed by atoms with E-state index in [-0.39, 0.29) is 18.5 Å². The van der Waals surface area contributed by atoms with E-state index >= 15 is 0 Å². The van der Waals surface area contributed by atoms with Crippen LogP contribution in [-0.4, -0.2) is 48.8 Å². The maximum absolute atomic E-state index is 14.0. The maximum atomic E-state index is 14.0. The molecule has 0 spiro atoms. The highest BCUT2D eigenvalue weighted by molar-refractivity contribution is 5.51. The van der Waals surface area contributed by atoms with Gasteiger partial charge in [-0.15, -0.1) is 0 Å². The van der Waals surface area contributed by atoms with Crippen LogP contribution in [0.5, 0.6) is 0 Å². The number of aliphatic hydroxyl groups is 1. The van der Waals surface area contributed by atoms with E-state index < -0.39 is 0 Å². The van der Waals surface area contributed by atoms with Crippen LogP contribution in [0, 0.1) is 17.1 Å². The Morgan fingerprint density at radius 2 is 2.15 bits per heavy atom. The van der Waals surface area contributed by atoms with Crippen molar-refractivity contribution < 1.29 is 9.50 Å². The van der Waals surface area contributed by atoms with Crippen LogP contribution < -0.4 is 4.90 Å². The summed E-state index contributed by atoms with van der Waals surface area (Å²) in [6.45, 7) is 5.38. The van der Waals surface area contributed by atoms with E-state index in [9.17, 15) is 9.50 Å². The van der Waals surface area contributed by atoms with Crippen molar-refractivity contribution in [3.05, 3.63) is 29.6 Å². The van der Waals surface area contributed by atoms with Gasteiger partial charge in [-0.1, -0.05) is 0 Å². The summed E-state index contributed by atoms with van der Waals surface area (Å²) in [4.78, 5) is 4.24. The zero-order valence-corrected chi connectivity index (χ0v) is 11.7. The quantitative estimate of drug-likeness (QED) is 0.911. The van der Waals surface area contributed by atoms with Crippen LogP contribution in [0.2, 0.25) is 0 Å². The fraction of sp³-hybridized carbons (Fsp3) is 0.533. The van der Waals surface area contributed by atoms with E-state index in [0.29, 0.717) is 11.3 Å². The van der Waals surface area contributed by atoms with Crippen molar-refractivity contribution in [1.29, 1.82) is 5.26 Å². The minimum absolute atomic E-state index is 0.140. The number of halogens is 1. The summed E-state index contributed by atoms with van der Waals surface area (Å²) >= 11 is 0. The molecular formula is C15H20FN3O. The monoisotopic (exact) mass is 277 g/mol. The Bertz CT molecular complexity index is 500. The second-order valence-electron chi connectivity index (χ2n) is 5.19. The van der Waals surface area contributed by atoms with Crippen LogP contribution in [0.3, 0.4) is 0 Å². The average Bonchev–Trinajstić information content (AvgIpc) is 2.72. The molecule has 0 amide bonds. The molecule has 5 heteroatoms. The number of aliphatic hydroxyl groups excluding tert-OH is 1. The number of hydrogen-bond acceptors (Lipinski definition) is 4. The van der Waals surface area contributed by atoms with E-state index in [0.717, 1.165) is 32.6 Å². The predicted molar refractivity (Wildman–Crippen MR) is 76.1 cm³/mol. The fourth-order valence-corrected chi connectivity index (χ4v) is 2.57. The third-order valence-electron chi connectivity index (χ3n) is 3.84. The largest absolute Gasteiger partial charge is 0.395 e. The van der Waals surface area contributed by atoms with Gasteiger partial charge in [-0.3, -0.25) is 4.90 Å². The van der Waals surface area contributed by atoms with Crippen molar-refractivity contribution in [2.24, 2.45) is 0 Å². The maximum Gasteiger partial charge on any atom is 0.147 e. The summed E-state index contributed by atoms with van der Waals surface area (Å²) in [5, 5.41) is 18.0. The molecule has 1 heterocycles. The smallest absolute Gasteiger partial charge is 0.147 e. The van der Waals surface area contributed by atoms with Gasteiger partial charge in [0.15, 0.2) is 0 Å². The van der Waals surface area contributed by atoms with E-state index in [1.807, 2.05) is 17.9 Å². The number of anilines is 1. The average molecular weight is 277 g/mol. The first-order chi connectivity index (χ1) is 9.65. The Balaban J connectivity index is 2.09. The lowest BCUT2D eigenvalue weighted by molar-refractivity contribution is 0.141. The molecular weight excluding hydrogens is 257 g/mol. The Morgan fingerprint density at radius 3 is 2.80 bits per heavy atom. The van der Waals surface area contributed by atoms with Gasteiger partial charge >= 0.3 is 0 Å². The lowest BCUT2D eigenvalue weighted by Crippen LogP contribution is -2.38. The van der Waals surface area contributed by atoms with Gasteiger partial charge in [0.05, 0.1) is 23.9 Å². The molecule has 4 nitrogen and oxygen atoms in total. The van der Waals surface area contributed by atoms with Gasteiger partial charge in [0.1, 0.15) is 5.82 Å². The van der Waals surface area contributed by atoms with Crippen molar-refractivity contribution in [3.8, 4) is 6.07 Å². The van der Waals surface area contributed by atoms with Crippen molar-refractivity contribution in [3.63, 3.8) is 0 Å². The summed E-state index contributed by atoms with van der Waals surface area (Å²) < 4.78 is 14.0. The third-order valence-corrected chi connectivity index (χ3v) is 3.84. The molecule has 108 valence electrons. The molecule has 1 saturated heterocycles. The highest BCUT2D eigenvalue weighted by Gasteiger charge is 2.20. The summed E-state index contributed by atoms with van der Waals surface area (Å²) in [6, 6.07) is 6.70. The van der Waals surface area contributed by atoms with Crippen molar-refractivity contribution >= 4 is 5.69 Å². The highest BCUT2D eigenvalue weighted by Crippen LogP contribution is 2.22. The topological polar surface area (TPSA) is 50.5 Å². The standard InChI is InChI=1S/C15H20FN3O/c1-12(11-20)18-5-2-6-19(8-7-18)15-4-3-13(10-17)9-14(15)16/h3-4,9,12,20H,2,5-8,11H2,1H3/t12-/m1/s1. The summed E-state index contributed by atoms with van der Waals surface area (Å²) in [5.41, 5.74) is 0.902. The molecule has 1 aromatic carbocycles. The summed E-state index contributed by atoms with van der Waals surface area (Å²) in [5.74, 6) is -0.340. The predicted octanol–water partition coefficient (Wildman–Crippen LogP) is 1.59. The third kappa shape index (κ3) is 3.27. The molecule has 20 heavy (non-hydrogen) atoms. The fourth-order valence-electron chi connectivity index (χ4n) is 2.57. The minimum atomic E-state index is -0.340. The van der Waals surface area contributed by atoms with Crippen molar-refractivity contribution in [2.75, 3.05) is 37.7 Å². The van der Waals surface area contributed by atoms with Crippen LogP contribution in [0.1, 0.15) is 18.9 Å². The van der Waals surface area contributed by atoms with Gasteiger partial charge in [0.25, 0.3) is 0 Å². The van der Waals surface area contributed by atoms with Gasteiger partial charge in [0.2, 0.25) is 0 Å². The van der Waals surface area contributed by atoms with Crippen LogP contribution in [0.25, 0.3) is 0 Å². The normalized spacial score (nSPS) is 18.4. The van der Waals surface area contributed by atoms with Gasteiger partial charge in [-0.05, 0) is 31.5 Å². The highest BCUT2D eigenvalue weighted by atomic mass is 19.1. The van der Waals surface area contributed by atoms with Gasteiger partial charge in [0, 0.05) is 32.2 Å². The Morgan fingerprint density at radius 1 is 1.35 bits per heavy atom. The molecule has 1 aliphatic rings. The summed E-state index contributed by atoms with van der Waals surface area (Å²) in [6.07, 6.45) is 0.934. The molecule has 1 aromatic rings. The lowest BCUT2D eigenvalue weighted by Gasteiger charge is -2.27. The Labute approximate surface area is 119 Å². The molecule has 1 N–H and O–H groups in total. The van der Waals surface area contributed by atoms with E-state index in [1.165, 1.54) is 6.07 Å². The van der Waals surface area contributed by atoms with Crippen molar-refractivity contribution in [2.45, 2.75) is 19.4 Å². The number of rotatable bonds is 3. The number of nitrogens with zero attached hydrogens (tertiary/aromatic N) is 3. The van der Waals surface area contributed by atoms with Crippen LogP contribution in [-0.2, 0) is 0 Å². The summed E-state index contributed by atoms with van der Waals surface area (Å²) in [7, 11) is 0. The van der Waals surface area contributed by atoms with E-state index in [4.69, 9.17) is 5.26 Å². The molecule has 1 atom stereocenters. The molecule has 2 rings (SSSR count). The second-order valence-corrected chi connectivity index (χ2v) is 5.19. The second kappa shape index (κ2) is 6.69. The first-order valence-corrected chi connectivity index (χ1v) is 6.95. The zero-order chi connectivity index (χ0) is 14.5. The van der Waals surface area contributed by atoms with Crippen LogP contribution >= 0.6 is 0 Å². The lowest BCUT2D eigenvalue weighted by atomic mass is 10.2. The molecule has 0 radical (unpaired) electrons. The molecule has 0 aromatic heterocycles. The van der Waals surface area contributed by atoms with Gasteiger partial charge in [-0.2, -0.15) is 5.26 Å². The minimum Gasteiger partial charge on any atom is -0.395 e. The molecule has 1 fully saturated rings. The molecule has 0 saturated carbocycles. The first-order valence-electron chi connectivity index (χ1n) is 6.95. The van der Waals surface area contributed by atoms with E-state index in [2.05, 4.69) is 4.90 Å². The van der Waals surface area contributed by atoms with Gasteiger partial charge in [-0.25, -0.2) is 4.39 Å². The van der Waals surface area contributed by atoms with Crippen LogP contribution in [0.15, 0.2) is 18.2 Å². The Hall–Kier alpha value is -1.64. The molecule has 0 unspecified atom stereocenters. The van der Waals surface area contributed by atoms with E-state index in [1.54, 1.807) is 12.1 Å². The van der Waals surface area contributed by atoms with Crippen molar-refractivity contribution in [1.82, 2.24) is 4.90 Å². The Kier molecular flexibility index (Phi) is 4.94. The molecule has 0 bridgehead atoms. The number of nitriles is 1. The first kappa shape index (κ1) is 14.8. The van der Waals surface area contributed by atoms with Crippen LogP contribution in [0.4, 0.5) is 10.1 Å². The zero-order valence-electron chi connectivity index (χ0n) is 11.7. The number of benzene rings is 1. The van der Waals surface area contributed by atoms with Gasteiger partial charge < -0.3 is 10.0 Å². The SMILES string of the molecule is C[C@H](CO)N1CCCN(c2ccc(C#N)cc2F)CC1. The molecule has 0 aliphatic carbocycles. The molecule has 1 aliphatic heterocycles. The number of hydrogen-bond donors (Lipinski definition) is 1.